The fourth-order valence-electron chi connectivity index (χ4n) is 3.69. The molecule has 2 aliphatic rings. The first-order valence-electron chi connectivity index (χ1n) is 8.64. The molecule has 0 aromatic carbocycles. The molecule has 128 valence electrons. The molecule has 4 heterocycles. The van der Waals surface area contributed by atoms with Crippen LogP contribution in [0.25, 0.3) is 5.65 Å². The van der Waals surface area contributed by atoms with E-state index in [1.54, 1.807) is 16.9 Å². The molecule has 2 aromatic heterocycles. The second-order valence-corrected chi connectivity index (χ2v) is 7.71. The van der Waals surface area contributed by atoms with Crippen LogP contribution in [0.2, 0.25) is 0 Å². The Bertz CT molecular complexity index is 740. The summed E-state index contributed by atoms with van der Waals surface area (Å²) in [6.45, 7) is 5.65. The van der Waals surface area contributed by atoms with Gasteiger partial charge >= 0.3 is 0 Å². The Morgan fingerprint density at radius 3 is 3.04 bits per heavy atom. The van der Waals surface area contributed by atoms with Crippen LogP contribution in [0, 0.1) is 6.92 Å². The highest BCUT2D eigenvalue weighted by atomic mass is 32.2. The van der Waals surface area contributed by atoms with Gasteiger partial charge in [-0.3, -0.25) is 9.69 Å². The van der Waals surface area contributed by atoms with Crippen molar-refractivity contribution in [1.82, 2.24) is 24.4 Å². The van der Waals surface area contributed by atoms with E-state index in [0.717, 1.165) is 43.9 Å². The van der Waals surface area contributed by atoms with Gasteiger partial charge in [-0.25, -0.2) is 9.50 Å². The second-order valence-electron chi connectivity index (χ2n) is 6.56. The van der Waals surface area contributed by atoms with Crippen molar-refractivity contribution in [2.45, 2.75) is 25.8 Å². The van der Waals surface area contributed by atoms with Crippen molar-refractivity contribution < 1.29 is 4.79 Å². The normalized spacial score (nSPS) is 22.9. The minimum absolute atomic E-state index is 0.0834. The molecular weight excluding hydrogens is 322 g/mol. The third-order valence-corrected chi connectivity index (χ3v) is 6.27. The van der Waals surface area contributed by atoms with Crippen LogP contribution in [0.15, 0.2) is 18.5 Å². The standard InChI is InChI=1S/C17H23N5OS/c1-13-15(11-18-16-3-5-19-22(13)16)17(23)21-7-2-6-20(8-9-21)14-4-10-24-12-14/h3,5,11,14H,2,4,6-10,12H2,1H3. The summed E-state index contributed by atoms with van der Waals surface area (Å²) in [6, 6.07) is 2.55. The van der Waals surface area contributed by atoms with E-state index < -0.39 is 0 Å². The lowest BCUT2D eigenvalue weighted by Crippen LogP contribution is -2.39. The summed E-state index contributed by atoms with van der Waals surface area (Å²) in [5.74, 6) is 2.60. The summed E-state index contributed by atoms with van der Waals surface area (Å²) < 4.78 is 1.74. The van der Waals surface area contributed by atoms with E-state index in [0.29, 0.717) is 11.6 Å². The molecule has 6 nitrogen and oxygen atoms in total. The molecule has 1 unspecified atom stereocenters. The molecule has 2 saturated heterocycles. The molecule has 0 bridgehead atoms. The van der Waals surface area contributed by atoms with E-state index in [9.17, 15) is 4.79 Å². The number of fused-ring (bicyclic) bond motifs is 1. The van der Waals surface area contributed by atoms with Gasteiger partial charge in [-0.2, -0.15) is 16.9 Å². The van der Waals surface area contributed by atoms with Gasteiger partial charge in [-0.05, 0) is 25.5 Å². The lowest BCUT2D eigenvalue weighted by atomic mass is 10.2. The Hall–Kier alpha value is -1.60. The predicted octanol–water partition coefficient (Wildman–Crippen LogP) is 1.69. The first-order chi connectivity index (χ1) is 11.7. The summed E-state index contributed by atoms with van der Waals surface area (Å²) in [7, 11) is 0. The fraction of sp³-hybridized carbons (Fsp3) is 0.588. The van der Waals surface area contributed by atoms with E-state index in [1.165, 1.54) is 17.9 Å². The number of nitrogens with zero attached hydrogens (tertiary/aromatic N) is 5. The van der Waals surface area contributed by atoms with Crippen molar-refractivity contribution in [3.8, 4) is 0 Å². The molecule has 7 heteroatoms. The third-order valence-electron chi connectivity index (χ3n) is 5.13. The van der Waals surface area contributed by atoms with E-state index in [2.05, 4.69) is 26.7 Å². The molecule has 0 aliphatic carbocycles. The molecule has 4 rings (SSSR count). The van der Waals surface area contributed by atoms with Crippen molar-refractivity contribution in [2.75, 3.05) is 37.7 Å². The first-order valence-corrected chi connectivity index (χ1v) is 9.80. The van der Waals surface area contributed by atoms with Gasteiger partial charge in [0.25, 0.3) is 5.91 Å². The van der Waals surface area contributed by atoms with Crippen molar-refractivity contribution >= 4 is 23.3 Å². The summed E-state index contributed by atoms with van der Waals surface area (Å²) in [4.78, 5) is 21.9. The minimum Gasteiger partial charge on any atom is -0.337 e. The summed E-state index contributed by atoms with van der Waals surface area (Å²) in [5.41, 5.74) is 2.31. The fourth-order valence-corrected chi connectivity index (χ4v) is 4.94. The average molecular weight is 345 g/mol. The number of thioether (sulfide) groups is 1. The molecule has 1 amide bonds. The number of hydrogen-bond donors (Lipinski definition) is 0. The van der Waals surface area contributed by atoms with Gasteiger partial charge < -0.3 is 4.90 Å². The van der Waals surface area contributed by atoms with Crippen LogP contribution in [-0.4, -0.2) is 74.0 Å². The molecule has 2 fully saturated rings. The highest BCUT2D eigenvalue weighted by Gasteiger charge is 2.27. The van der Waals surface area contributed by atoms with Gasteiger partial charge in [0.05, 0.1) is 17.5 Å². The molecule has 2 aromatic rings. The molecule has 1 atom stereocenters. The highest BCUT2D eigenvalue weighted by molar-refractivity contribution is 7.99. The van der Waals surface area contributed by atoms with E-state index in [4.69, 9.17) is 0 Å². The average Bonchev–Trinajstić information content (AvgIpc) is 3.23. The van der Waals surface area contributed by atoms with E-state index in [1.807, 2.05) is 17.9 Å². The molecule has 0 N–H and O–H groups in total. The van der Waals surface area contributed by atoms with Crippen molar-refractivity contribution in [1.29, 1.82) is 0 Å². The van der Waals surface area contributed by atoms with Gasteiger partial charge in [0.15, 0.2) is 5.65 Å². The van der Waals surface area contributed by atoms with E-state index >= 15 is 0 Å². The maximum absolute atomic E-state index is 13.0. The van der Waals surface area contributed by atoms with Gasteiger partial charge in [-0.15, -0.1) is 0 Å². The Morgan fingerprint density at radius 1 is 1.29 bits per heavy atom. The maximum atomic E-state index is 13.0. The largest absolute Gasteiger partial charge is 0.337 e. The van der Waals surface area contributed by atoms with E-state index in [-0.39, 0.29) is 5.91 Å². The monoisotopic (exact) mass is 345 g/mol. The Labute approximate surface area is 146 Å². The minimum atomic E-state index is 0.0834. The SMILES string of the molecule is Cc1c(C(=O)N2CCCN(C3CCSC3)CC2)cnc2ccnn12. The topological polar surface area (TPSA) is 53.7 Å². The lowest BCUT2D eigenvalue weighted by Gasteiger charge is -2.27. The number of aryl methyl sites for hydroxylation is 1. The number of amides is 1. The van der Waals surface area contributed by atoms with Gasteiger partial charge in [0, 0.05) is 50.2 Å². The van der Waals surface area contributed by atoms with Crippen LogP contribution in [0.1, 0.15) is 28.9 Å². The molecule has 24 heavy (non-hydrogen) atoms. The lowest BCUT2D eigenvalue weighted by molar-refractivity contribution is 0.0757. The van der Waals surface area contributed by atoms with Crippen LogP contribution in [0.4, 0.5) is 0 Å². The molecule has 0 spiro atoms. The first kappa shape index (κ1) is 15.9. The molecular formula is C17H23N5OS. The Kier molecular flexibility index (Phi) is 4.45. The van der Waals surface area contributed by atoms with Gasteiger partial charge in [0.2, 0.25) is 0 Å². The third kappa shape index (κ3) is 2.91. The number of carbonyl (C=O) groups is 1. The zero-order valence-electron chi connectivity index (χ0n) is 14.0. The van der Waals surface area contributed by atoms with Crippen molar-refractivity contribution in [3.05, 3.63) is 29.7 Å². The van der Waals surface area contributed by atoms with Gasteiger partial charge in [0.1, 0.15) is 0 Å². The Balaban J connectivity index is 1.50. The summed E-state index contributed by atoms with van der Waals surface area (Å²) in [6.07, 6.45) is 5.75. The van der Waals surface area contributed by atoms with Crippen LogP contribution in [0.3, 0.4) is 0 Å². The van der Waals surface area contributed by atoms with Crippen LogP contribution >= 0.6 is 11.8 Å². The zero-order valence-corrected chi connectivity index (χ0v) is 14.8. The molecule has 0 saturated carbocycles. The van der Waals surface area contributed by atoms with Crippen molar-refractivity contribution in [2.24, 2.45) is 0 Å². The summed E-state index contributed by atoms with van der Waals surface area (Å²) >= 11 is 2.05. The number of hydrogen-bond acceptors (Lipinski definition) is 5. The van der Waals surface area contributed by atoms with Crippen LogP contribution in [0.5, 0.6) is 0 Å². The zero-order chi connectivity index (χ0) is 16.5. The molecule has 2 aliphatic heterocycles. The number of carbonyl (C=O) groups excluding carboxylic acids is 1. The van der Waals surface area contributed by atoms with Gasteiger partial charge in [-0.1, -0.05) is 0 Å². The molecule has 0 radical (unpaired) electrons. The highest BCUT2D eigenvalue weighted by Crippen LogP contribution is 2.23. The number of aromatic nitrogens is 3. The number of rotatable bonds is 2. The quantitative estimate of drug-likeness (QED) is 0.829. The second kappa shape index (κ2) is 6.72. The van der Waals surface area contributed by atoms with Crippen LogP contribution < -0.4 is 0 Å². The van der Waals surface area contributed by atoms with Crippen molar-refractivity contribution in [3.63, 3.8) is 0 Å². The summed E-state index contributed by atoms with van der Waals surface area (Å²) in [5, 5.41) is 4.26. The van der Waals surface area contributed by atoms with Crippen LogP contribution in [-0.2, 0) is 0 Å². The smallest absolute Gasteiger partial charge is 0.257 e. The predicted molar refractivity (Wildman–Crippen MR) is 95.5 cm³/mol. The Morgan fingerprint density at radius 2 is 2.21 bits per heavy atom. The maximum Gasteiger partial charge on any atom is 0.257 e.